The molecule has 0 fully saturated rings. The molecule has 0 spiro atoms. The van der Waals surface area contributed by atoms with Crippen LogP contribution in [0, 0.1) is 13.8 Å². The highest BCUT2D eigenvalue weighted by molar-refractivity contribution is 6.29. The van der Waals surface area contributed by atoms with Crippen LogP contribution >= 0.6 is 11.6 Å². The molecule has 1 aromatic rings. The summed E-state index contributed by atoms with van der Waals surface area (Å²) in [4.78, 5) is 24.8. The second-order valence-electron chi connectivity index (χ2n) is 4.03. The maximum absolute atomic E-state index is 11.9. The number of rotatable bonds is 4. The lowest BCUT2D eigenvalue weighted by Crippen LogP contribution is -2.41. The molecule has 5 heteroatoms. The molecule has 4 nitrogen and oxygen atoms in total. The molecule has 0 aliphatic carbocycles. The Bertz CT molecular complexity index is 440. The number of para-hydroxylation sites is 1. The minimum atomic E-state index is -0.280. The van der Waals surface area contributed by atoms with Crippen molar-refractivity contribution in [3.05, 3.63) is 29.3 Å². The van der Waals surface area contributed by atoms with Crippen molar-refractivity contribution >= 4 is 29.1 Å². The van der Waals surface area contributed by atoms with Gasteiger partial charge in [0.2, 0.25) is 11.8 Å². The highest BCUT2D eigenvalue weighted by Gasteiger charge is 2.20. The van der Waals surface area contributed by atoms with Crippen molar-refractivity contribution < 1.29 is 9.59 Å². The van der Waals surface area contributed by atoms with E-state index in [2.05, 4.69) is 5.32 Å². The van der Waals surface area contributed by atoms with Crippen molar-refractivity contribution in [2.45, 2.75) is 13.8 Å². The van der Waals surface area contributed by atoms with E-state index < -0.39 is 0 Å². The van der Waals surface area contributed by atoms with Crippen LogP contribution in [0.25, 0.3) is 0 Å². The van der Waals surface area contributed by atoms with Gasteiger partial charge in [0.05, 0.1) is 5.69 Å². The Labute approximate surface area is 112 Å². The molecule has 1 rings (SSSR count). The Morgan fingerprint density at radius 1 is 1.28 bits per heavy atom. The zero-order valence-corrected chi connectivity index (χ0v) is 11.5. The van der Waals surface area contributed by atoms with E-state index in [0.717, 1.165) is 16.8 Å². The lowest BCUT2D eigenvalue weighted by Gasteiger charge is -2.24. The largest absolute Gasteiger partial charge is 0.358 e. The molecule has 0 heterocycles. The molecule has 18 heavy (non-hydrogen) atoms. The van der Waals surface area contributed by atoms with Crippen LogP contribution in [0.15, 0.2) is 18.2 Å². The van der Waals surface area contributed by atoms with Gasteiger partial charge in [-0.25, -0.2) is 0 Å². The number of alkyl halides is 1. The summed E-state index contributed by atoms with van der Waals surface area (Å²) in [5.74, 6) is -0.654. The molecule has 0 atom stereocenters. The molecule has 0 aliphatic heterocycles. The maximum atomic E-state index is 11.9. The zero-order chi connectivity index (χ0) is 13.7. The highest BCUT2D eigenvalue weighted by atomic mass is 35.5. The highest BCUT2D eigenvalue weighted by Crippen LogP contribution is 2.24. The van der Waals surface area contributed by atoms with Gasteiger partial charge in [-0.05, 0) is 25.0 Å². The Kier molecular flexibility index (Phi) is 5.16. The second kappa shape index (κ2) is 6.40. The SMILES string of the molecule is CNC(=O)CN(C(=O)CCl)c1c(C)cccc1C. The van der Waals surface area contributed by atoms with E-state index in [1.165, 1.54) is 11.9 Å². The predicted molar refractivity (Wildman–Crippen MR) is 73.1 cm³/mol. The Hall–Kier alpha value is -1.55. The van der Waals surface area contributed by atoms with Crippen molar-refractivity contribution in [2.75, 3.05) is 24.4 Å². The number of hydrogen-bond donors (Lipinski definition) is 1. The van der Waals surface area contributed by atoms with Crippen LogP contribution in [0.1, 0.15) is 11.1 Å². The van der Waals surface area contributed by atoms with Crippen molar-refractivity contribution in [3.63, 3.8) is 0 Å². The first-order valence-corrected chi connectivity index (χ1v) is 6.17. The van der Waals surface area contributed by atoms with Crippen LogP contribution in [-0.4, -0.2) is 31.3 Å². The third-order valence-corrected chi connectivity index (χ3v) is 2.93. The molecule has 0 radical (unpaired) electrons. The summed E-state index contributed by atoms with van der Waals surface area (Å²) >= 11 is 5.61. The second-order valence-corrected chi connectivity index (χ2v) is 4.29. The zero-order valence-electron chi connectivity index (χ0n) is 10.8. The third-order valence-electron chi connectivity index (χ3n) is 2.71. The van der Waals surface area contributed by atoms with Gasteiger partial charge in [-0.3, -0.25) is 9.59 Å². The quantitative estimate of drug-likeness (QED) is 0.844. The summed E-state index contributed by atoms with van der Waals surface area (Å²) in [7, 11) is 1.54. The molecular formula is C13H17ClN2O2. The van der Waals surface area contributed by atoms with Gasteiger partial charge in [0.15, 0.2) is 0 Å². The molecule has 0 aliphatic rings. The van der Waals surface area contributed by atoms with E-state index in [-0.39, 0.29) is 24.2 Å². The molecular weight excluding hydrogens is 252 g/mol. The van der Waals surface area contributed by atoms with Crippen molar-refractivity contribution in [1.82, 2.24) is 5.32 Å². The monoisotopic (exact) mass is 268 g/mol. The molecule has 0 saturated carbocycles. The molecule has 2 amide bonds. The summed E-state index contributed by atoms with van der Waals surface area (Å²) in [6.07, 6.45) is 0. The first-order chi connectivity index (χ1) is 8.51. The fraction of sp³-hybridized carbons (Fsp3) is 0.385. The molecule has 0 saturated heterocycles. The molecule has 0 unspecified atom stereocenters. The van der Waals surface area contributed by atoms with Gasteiger partial charge >= 0.3 is 0 Å². The van der Waals surface area contributed by atoms with E-state index in [1.54, 1.807) is 0 Å². The number of hydrogen-bond acceptors (Lipinski definition) is 2. The minimum absolute atomic E-state index is 0.0201. The topological polar surface area (TPSA) is 49.4 Å². The van der Waals surface area contributed by atoms with Gasteiger partial charge in [-0.2, -0.15) is 0 Å². The number of nitrogens with one attached hydrogen (secondary N) is 1. The van der Waals surface area contributed by atoms with Crippen LogP contribution in [0.5, 0.6) is 0 Å². The first kappa shape index (κ1) is 14.5. The van der Waals surface area contributed by atoms with Gasteiger partial charge < -0.3 is 10.2 Å². The molecule has 0 bridgehead atoms. The summed E-state index contributed by atoms with van der Waals surface area (Å²) in [5.41, 5.74) is 2.64. The van der Waals surface area contributed by atoms with Gasteiger partial charge in [0.25, 0.3) is 0 Å². The average Bonchev–Trinajstić information content (AvgIpc) is 2.36. The number of carbonyl (C=O) groups is 2. The van der Waals surface area contributed by atoms with Gasteiger partial charge in [0.1, 0.15) is 12.4 Å². The van der Waals surface area contributed by atoms with Gasteiger partial charge in [0, 0.05) is 7.05 Å². The summed E-state index contributed by atoms with van der Waals surface area (Å²) in [5, 5.41) is 2.51. The Morgan fingerprint density at radius 3 is 2.28 bits per heavy atom. The first-order valence-electron chi connectivity index (χ1n) is 5.64. The fourth-order valence-corrected chi connectivity index (χ4v) is 1.96. The standard InChI is InChI=1S/C13H17ClN2O2/c1-9-5-4-6-10(2)13(9)16(12(18)7-14)8-11(17)15-3/h4-6H,7-8H2,1-3H3,(H,15,17). The normalized spacial score (nSPS) is 10.0. The predicted octanol–water partition coefficient (Wildman–Crippen LogP) is 1.62. The van der Waals surface area contributed by atoms with Crippen LogP contribution in [0.3, 0.4) is 0 Å². The number of halogens is 1. The van der Waals surface area contributed by atoms with E-state index in [4.69, 9.17) is 11.6 Å². The number of nitrogens with zero attached hydrogens (tertiary/aromatic N) is 1. The maximum Gasteiger partial charge on any atom is 0.242 e. The number of benzene rings is 1. The number of likely N-dealkylation sites (N-methyl/N-ethyl adjacent to an activating group) is 1. The molecule has 1 aromatic carbocycles. The third kappa shape index (κ3) is 3.23. The summed E-state index contributed by atoms with van der Waals surface area (Å²) in [6, 6.07) is 5.72. The van der Waals surface area contributed by atoms with E-state index in [1.807, 2.05) is 32.0 Å². The van der Waals surface area contributed by atoms with Gasteiger partial charge in [-0.1, -0.05) is 18.2 Å². The molecule has 0 aromatic heterocycles. The lowest BCUT2D eigenvalue weighted by molar-refractivity contribution is -0.122. The number of carbonyl (C=O) groups excluding carboxylic acids is 2. The summed E-state index contributed by atoms with van der Waals surface area (Å²) < 4.78 is 0. The van der Waals surface area contributed by atoms with E-state index in [9.17, 15) is 9.59 Å². The number of amides is 2. The molecule has 1 N–H and O–H groups in total. The van der Waals surface area contributed by atoms with Crippen molar-refractivity contribution in [1.29, 1.82) is 0 Å². The Balaban J connectivity index is 3.17. The van der Waals surface area contributed by atoms with Crippen LogP contribution in [-0.2, 0) is 9.59 Å². The smallest absolute Gasteiger partial charge is 0.242 e. The average molecular weight is 269 g/mol. The lowest BCUT2D eigenvalue weighted by atomic mass is 10.1. The number of anilines is 1. The summed E-state index contributed by atoms with van der Waals surface area (Å²) in [6.45, 7) is 3.79. The van der Waals surface area contributed by atoms with Crippen molar-refractivity contribution in [3.8, 4) is 0 Å². The fourth-order valence-electron chi connectivity index (χ4n) is 1.82. The Morgan fingerprint density at radius 2 is 1.83 bits per heavy atom. The molecule has 98 valence electrons. The van der Waals surface area contributed by atoms with Gasteiger partial charge in [-0.15, -0.1) is 11.6 Å². The van der Waals surface area contributed by atoms with Crippen molar-refractivity contribution in [2.24, 2.45) is 0 Å². The van der Waals surface area contributed by atoms with Crippen LogP contribution in [0.4, 0.5) is 5.69 Å². The van der Waals surface area contributed by atoms with Crippen LogP contribution < -0.4 is 10.2 Å². The van der Waals surface area contributed by atoms with E-state index in [0.29, 0.717) is 0 Å². The van der Waals surface area contributed by atoms with E-state index >= 15 is 0 Å². The minimum Gasteiger partial charge on any atom is -0.358 e. The number of aryl methyl sites for hydroxylation is 2. The van der Waals surface area contributed by atoms with Crippen LogP contribution in [0.2, 0.25) is 0 Å².